The van der Waals surface area contributed by atoms with E-state index < -0.39 is 0 Å². The van der Waals surface area contributed by atoms with Gasteiger partial charge < -0.3 is 9.32 Å². The Labute approximate surface area is 118 Å². The third kappa shape index (κ3) is 3.61. The zero-order chi connectivity index (χ0) is 13.7. The number of unbranched alkanes of at least 4 members (excludes halogenated alkanes) is 1. The minimum atomic E-state index is 0.000926. The second-order valence-corrected chi connectivity index (χ2v) is 5.45. The lowest BCUT2D eigenvalue weighted by Gasteiger charge is -2.28. The summed E-state index contributed by atoms with van der Waals surface area (Å²) in [5, 5.41) is 0. The van der Waals surface area contributed by atoms with Crippen LogP contribution in [0.4, 0.5) is 0 Å². The van der Waals surface area contributed by atoms with Gasteiger partial charge in [-0.3, -0.25) is 4.79 Å². The van der Waals surface area contributed by atoms with Crippen molar-refractivity contribution in [3.8, 4) is 0 Å². The van der Waals surface area contributed by atoms with Gasteiger partial charge in [0, 0.05) is 18.2 Å². The van der Waals surface area contributed by atoms with Gasteiger partial charge in [-0.05, 0) is 48.7 Å². The molecule has 0 bridgehead atoms. The van der Waals surface area contributed by atoms with E-state index in [1.165, 1.54) is 0 Å². The predicted octanol–water partition coefficient (Wildman–Crippen LogP) is 4.39. The summed E-state index contributed by atoms with van der Waals surface area (Å²) in [5.41, 5.74) is 0.886. The number of hydrogen-bond donors (Lipinski definition) is 0. The maximum Gasteiger partial charge on any atom is 0.290 e. The summed E-state index contributed by atoms with van der Waals surface area (Å²) < 4.78 is 6.07. The molecule has 1 heterocycles. The molecule has 1 aromatic rings. The molecule has 0 radical (unpaired) electrons. The van der Waals surface area contributed by atoms with Crippen LogP contribution in [0.2, 0.25) is 0 Å². The number of halogens is 1. The molecule has 1 rings (SSSR count). The van der Waals surface area contributed by atoms with Gasteiger partial charge in [0.05, 0.1) is 0 Å². The maximum absolute atomic E-state index is 12.5. The van der Waals surface area contributed by atoms with Crippen LogP contribution in [0.5, 0.6) is 0 Å². The molecular weight excluding hydrogens is 294 g/mol. The van der Waals surface area contributed by atoms with E-state index in [1.807, 2.05) is 17.9 Å². The quantitative estimate of drug-likeness (QED) is 0.780. The first kappa shape index (κ1) is 15.3. The van der Waals surface area contributed by atoms with E-state index in [2.05, 4.69) is 36.7 Å². The first-order valence-electron chi connectivity index (χ1n) is 6.58. The molecule has 0 saturated heterocycles. The Morgan fingerprint density at radius 2 is 2.17 bits per heavy atom. The van der Waals surface area contributed by atoms with E-state index in [-0.39, 0.29) is 11.9 Å². The maximum atomic E-state index is 12.5. The van der Waals surface area contributed by atoms with Crippen molar-refractivity contribution in [2.24, 2.45) is 0 Å². The number of aryl methyl sites for hydroxylation is 1. The highest BCUT2D eigenvalue weighted by Crippen LogP contribution is 2.22. The number of carbonyl (C=O) groups is 1. The average Bonchev–Trinajstić information content (AvgIpc) is 2.68. The summed E-state index contributed by atoms with van der Waals surface area (Å²) in [6.45, 7) is 9.01. The SMILES string of the molecule is CCCCN(C(=O)c1oc(Br)cc1C)C(C)CC. The van der Waals surface area contributed by atoms with Crippen LogP contribution in [0.15, 0.2) is 15.2 Å². The molecule has 0 saturated carbocycles. The van der Waals surface area contributed by atoms with Gasteiger partial charge in [-0.1, -0.05) is 20.3 Å². The van der Waals surface area contributed by atoms with Crippen LogP contribution in [0.3, 0.4) is 0 Å². The lowest BCUT2D eigenvalue weighted by Crippen LogP contribution is -2.39. The largest absolute Gasteiger partial charge is 0.444 e. The lowest BCUT2D eigenvalue weighted by atomic mass is 10.1. The Kier molecular flexibility index (Phi) is 5.93. The molecule has 1 amide bonds. The lowest BCUT2D eigenvalue weighted by molar-refractivity contribution is 0.0650. The summed E-state index contributed by atoms with van der Waals surface area (Å²) in [5.74, 6) is 0.458. The molecule has 0 aliphatic carbocycles. The molecular formula is C14H22BrNO2. The highest BCUT2D eigenvalue weighted by atomic mass is 79.9. The zero-order valence-corrected chi connectivity index (χ0v) is 13.2. The molecule has 0 spiro atoms. The third-order valence-electron chi connectivity index (χ3n) is 3.22. The molecule has 0 N–H and O–H groups in total. The second-order valence-electron chi connectivity index (χ2n) is 4.67. The molecule has 0 aliphatic heterocycles. The summed E-state index contributed by atoms with van der Waals surface area (Å²) in [4.78, 5) is 14.4. The van der Waals surface area contributed by atoms with Gasteiger partial charge in [-0.2, -0.15) is 0 Å². The molecule has 1 unspecified atom stereocenters. The van der Waals surface area contributed by atoms with Crippen molar-refractivity contribution in [1.29, 1.82) is 0 Å². The molecule has 102 valence electrons. The van der Waals surface area contributed by atoms with Crippen molar-refractivity contribution < 1.29 is 9.21 Å². The average molecular weight is 316 g/mol. The third-order valence-corrected chi connectivity index (χ3v) is 3.61. The number of nitrogens with zero attached hydrogens (tertiary/aromatic N) is 1. The minimum absolute atomic E-state index is 0.000926. The Hall–Kier alpha value is -0.770. The molecule has 0 fully saturated rings. The number of amides is 1. The topological polar surface area (TPSA) is 33.5 Å². The molecule has 1 aromatic heterocycles. The van der Waals surface area contributed by atoms with Crippen molar-refractivity contribution in [3.05, 3.63) is 22.1 Å². The van der Waals surface area contributed by atoms with E-state index in [0.717, 1.165) is 31.4 Å². The van der Waals surface area contributed by atoms with Gasteiger partial charge in [0.1, 0.15) is 0 Å². The monoisotopic (exact) mass is 315 g/mol. The Bertz CT molecular complexity index is 400. The van der Waals surface area contributed by atoms with Crippen LogP contribution < -0.4 is 0 Å². The molecule has 0 aliphatic rings. The number of carbonyl (C=O) groups excluding carboxylic acids is 1. The van der Waals surface area contributed by atoms with Crippen molar-refractivity contribution in [2.75, 3.05) is 6.54 Å². The molecule has 3 nitrogen and oxygen atoms in total. The van der Waals surface area contributed by atoms with Gasteiger partial charge in [0.25, 0.3) is 5.91 Å². The number of furan rings is 1. The van der Waals surface area contributed by atoms with Crippen molar-refractivity contribution in [2.45, 2.75) is 53.0 Å². The summed E-state index contributed by atoms with van der Waals surface area (Å²) >= 11 is 3.27. The van der Waals surface area contributed by atoms with Crippen LogP contribution in [-0.4, -0.2) is 23.4 Å². The van der Waals surface area contributed by atoms with Gasteiger partial charge in [-0.15, -0.1) is 0 Å². The van der Waals surface area contributed by atoms with Gasteiger partial charge in [-0.25, -0.2) is 0 Å². The standard InChI is InChI=1S/C14H22BrNO2/c1-5-7-8-16(11(4)6-2)14(17)13-10(3)9-12(15)18-13/h9,11H,5-8H2,1-4H3. The smallest absolute Gasteiger partial charge is 0.290 e. The van der Waals surface area contributed by atoms with Crippen LogP contribution in [-0.2, 0) is 0 Å². The highest BCUT2D eigenvalue weighted by Gasteiger charge is 2.24. The molecule has 0 aromatic carbocycles. The van der Waals surface area contributed by atoms with Crippen LogP contribution in [0, 0.1) is 6.92 Å². The highest BCUT2D eigenvalue weighted by molar-refractivity contribution is 9.10. The first-order chi connectivity index (χ1) is 8.51. The fourth-order valence-electron chi connectivity index (χ4n) is 1.86. The second kappa shape index (κ2) is 6.98. The van der Waals surface area contributed by atoms with Crippen LogP contribution in [0.25, 0.3) is 0 Å². The van der Waals surface area contributed by atoms with Gasteiger partial charge in [0.2, 0.25) is 0 Å². The van der Waals surface area contributed by atoms with Gasteiger partial charge in [0.15, 0.2) is 10.4 Å². The van der Waals surface area contributed by atoms with Crippen LogP contribution >= 0.6 is 15.9 Å². The first-order valence-corrected chi connectivity index (χ1v) is 7.37. The van der Waals surface area contributed by atoms with E-state index >= 15 is 0 Å². The molecule has 4 heteroatoms. The number of hydrogen-bond acceptors (Lipinski definition) is 2. The Morgan fingerprint density at radius 3 is 2.61 bits per heavy atom. The van der Waals surface area contributed by atoms with Gasteiger partial charge >= 0.3 is 0 Å². The van der Waals surface area contributed by atoms with E-state index in [4.69, 9.17) is 4.42 Å². The fraction of sp³-hybridized carbons (Fsp3) is 0.643. The molecule has 1 atom stereocenters. The van der Waals surface area contributed by atoms with E-state index in [0.29, 0.717) is 10.4 Å². The van der Waals surface area contributed by atoms with Crippen molar-refractivity contribution >= 4 is 21.8 Å². The Morgan fingerprint density at radius 1 is 1.50 bits per heavy atom. The van der Waals surface area contributed by atoms with E-state index in [9.17, 15) is 4.79 Å². The fourth-order valence-corrected chi connectivity index (χ4v) is 2.36. The normalized spacial score (nSPS) is 12.5. The zero-order valence-electron chi connectivity index (χ0n) is 11.6. The molecule has 18 heavy (non-hydrogen) atoms. The number of rotatable bonds is 6. The van der Waals surface area contributed by atoms with Crippen molar-refractivity contribution in [3.63, 3.8) is 0 Å². The summed E-state index contributed by atoms with van der Waals surface area (Å²) in [6.07, 6.45) is 3.06. The predicted molar refractivity (Wildman–Crippen MR) is 76.8 cm³/mol. The Balaban J connectivity index is 2.91. The van der Waals surface area contributed by atoms with Crippen molar-refractivity contribution in [1.82, 2.24) is 4.90 Å². The minimum Gasteiger partial charge on any atom is -0.444 e. The summed E-state index contributed by atoms with van der Waals surface area (Å²) in [7, 11) is 0. The van der Waals surface area contributed by atoms with E-state index in [1.54, 1.807) is 0 Å². The van der Waals surface area contributed by atoms with Crippen LogP contribution in [0.1, 0.15) is 56.2 Å². The summed E-state index contributed by atoms with van der Waals surface area (Å²) in [6, 6.07) is 2.08.